The Morgan fingerprint density at radius 3 is 2.44 bits per heavy atom. The van der Waals surface area contributed by atoms with Crippen LogP contribution >= 0.6 is 0 Å². The summed E-state index contributed by atoms with van der Waals surface area (Å²) in [4.78, 5) is 0. The molecule has 0 radical (unpaired) electrons. The normalized spacial score (nSPS) is 15.7. The summed E-state index contributed by atoms with van der Waals surface area (Å²) >= 11 is 0. The van der Waals surface area contributed by atoms with E-state index < -0.39 is 0 Å². The predicted molar refractivity (Wildman–Crippen MR) is 35.4 cm³/mol. The molecule has 0 fully saturated rings. The van der Waals surface area contributed by atoms with Crippen LogP contribution in [-0.4, -0.2) is 0 Å². The van der Waals surface area contributed by atoms with E-state index in [0.29, 0.717) is 5.92 Å². The number of allylic oxidation sites excluding steroid dienone is 4. The standard InChI is InChI=1S/C8H11.Zr/c1-7(2)8-5-3-4-6-8;/h5-7H,3H2,1-2H3;/q-1;. The molecule has 1 aliphatic rings. The van der Waals surface area contributed by atoms with Gasteiger partial charge in [0.2, 0.25) is 0 Å². The summed E-state index contributed by atoms with van der Waals surface area (Å²) in [5.41, 5.74) is 1.44. The van der Waals surface area contributed by atoms with Gasteiger partial charge in [0.05, 0.1) is 0 Å². The molecule has 0 aliphatic heterocycles. The molecule has 1 aliphatic carbocycles. The van der Waals surface area contributed by atoms with Crippen LogP contribution in [0.1, 0.15) is 20.3 Å². The molecule has 0 spiro atoms. The quantitative estimate of drug-likeness (QED) is 0.567. The van der Waals surface area contributed by atoms with Gasteiger partial charge in [-0.1, -0.05) is 19.8 Å². The summed E-state index contributed by atoms with van der Waals surface area (Å²) in [7, 11) is 0. The van der Waals surface area contributed by atoms with Gasteiger partial charge in [-0.2, -0.15) is 11.6 Å². The summed E-state index contributed by atoms with van der Waals surface area (Å²) in [6.45, 7) is 4.41. The molecule has 0 aromatic rings. The molecule has 0 nitrogen and oxygen atoms in total. The Kier molecular flexibility index (Phi) is 4.39. The third kappa shape index (κ3) is 2.62. The van der Waals surface area contributed by atoms with Crippen LogP contribution in [0.15, 0.2) is 17.7 Å². The van der Waals surface area contributed by atoms with E-state index in [1.165, 1.54) is 5.57 Å². The fraction of sp³-hybridized carbons (Fsp3) is 0.500. The van der Waals surface area contributed by atoms with Gasteiger partial charge >= 0.3 is 0 Å². The molecule has 0 saturated carbocycles. The molecule has 0 saturated heterocycles. The number of hydrogen-bond donors (Lipinski definition) is 0. The van der Waals surface area contributed by atoms with Crippen molar-refractivity contribution in [2.75, 3.05) is 0 Å². The molecule has 0 heterocycles. The fourth-order valence-electron chi connectivity index (χ4n) is 0.815. The minimum absolute atomic E-state index is 0. The van der Waals surface area contributed by atoms with E-state index in [1.807, 2.05) is 0 Å². The zero-order valence-electron chi connectivity index (χ0n) is 5.94. The Morgan fingerprint density at radius 1 is 1.56 bits per heavy atom. The molecule has 0 amide bonds. The Balaban J connectivity index is 0.000000640. The van der Waals surface area contributed by atoms with Crippen molar-refractivity contribution >= 4 is 0 Å². The fourth-order valence-corrected chi connectivity index (χ4v) is 0.815. The molecule has 0 unspecified atom stereocenters. The molecule has 9 heavy (non-hydrogen) atoms. The van der Waals surface area contributed by atoms with Gasteiger partial charge in [-0.05, 0) is 0 Å². The summed E-state index contributed by atoms with van der Waals surface area (Å²) in [5, 5.41) is 0. The Labute approximate surface area is 76.2 Å². The molecule has 1 rings (SSSR count). The van der Waals surface area contributed by atoms with Gasteiger partial charge in [0.15, 0.2) is 0 Å². The maximum Gasteiger partial charge on any atom is 0 e. The van der Waals surface area contributed by atoms with E-state index in [-0.39, 0.29) is 26.2 Å². The van der Waals surface area contributed by atoms with Crippen molar-refractivity contribution in [3.63, 3.8) is 0 Å². The van der Waals surface area contributed by atoms with E-state index in [1.54, 1.807) is 0 Å². The predicted octanol–water partition coefficient (Wildman–Crippen LogP) is 2.33. The molecule has 0 atom stereocenters. The van der Waals surface area contributed by atoms with Gasteiger partial charge in [0.1, 0.15) is 0 Å². The molecule has 0 aromatic heterocycles. The van der Waals surface area contributed by atoms with Gasteiger partial charge in [-0.3, -0.25) is 6.08 Å². The smallest absolute Gasteiger partial charge is 0 e. The van der Waals surface area contributed by atoms with Gasteiger partial charge in [0.25, 0.3) is 0 Å². The second-order valence-electron chi connectivity index (χ2n) is 2.41. The van der Waals surface area contributed by atoms with E-state index in [9.17, 15) is 0 Å². The van der Waals surface area contributed by atoms with Gasteiger partial charge < -0.3 is 0 Å². The first-order valence-electron chi connectivity index (χ1n) is 3.07. The van der Waals surface area contributed by atoms with E-state index in [2.05, 4.69) is 32.1 Å². The maximum atomic E-state index is 3.14. The first kappa shape index (κ1) is 9.36. The Hall–Kier alpha value is 0.363. The van der Waals surface area contributed by atoms with Crippen molar-refractivity contribution in [3.8, 4) is 0 Å². The summed E-state index contributed by atoms with van der Waals surface area (Å²) in [5.74, 6) is 0.685. The van der Waals surface area contributed by atoms with Crippen LogP contribution in [0, 0.1) is 12.0 Å². The number of hydrogen-bond acceptors (Lipinski definition) is 0. The van der Waals surface area contributed by atoms with Crippen LogP contribution in [0.25, 0.3) is 0 Å². The maximum absolute atomic E-state index is 3.14. The van der Waals surface area contributed by atoms with E-state index >= 15 is 0 Å². The van der Waals surface area contributed by atoms with Gasteiger partial charge in [-0.15, -0.1) is 6.42 Å². The molecular formula is C8H11Zr-. The van der Waals surface area contributed by atoms with Crippen molar-refractivity contribution in [1.82, 2.24) is 0 Å². The van der Waals surface area contributed by atoms with Crippen LogP contribution in [0.2, 0.25) is 0 Å². The molecule has 0 bridgehead atoms. The summed E-state index contributed by atoms with van der Waals surface area (Å²) in [6.07, 6.45) is 8.47. The second-order valence-corrected chi connectivity index (χ2v) is 2.41. The van der Waals surface area contributed by atoms with Crippen LogP contribution in [-0.2, 0) is 26.2 Å². The first-order chi connectivity index (χ1) is 3.80. The molecular weight excluding hydrogens is 187 g/mol. The number of rotatable bonds is 1. The van der Waals surface area contributed by atoms with Crippen molar-refractivity contribution in [2.24, 2.45) is 5.92 Å². The van der Waals surface area contributed by atoms with Gasteiger partial charge in [-0.25, -0.2) is 6.08 Å². The minimum atomic E-state index is 0. The largest absolute Gasteiger partial charge is 0.273 e. The average Bonchev–Trinajstić information content (AvgIpc) is 2.12. The topological polar surface area (TPSA) is 0 Å². The van der Waals surface area contributed by atoms with Crippen molar-refractivity contribution in [3.05, 3.63) is 23.8 Å². The zero-order chi connectivity index (χ0) is 5.98. The molecule has 0 N–H and O–H groups in total. The molecule has 1 heteroatoms. The monoisotopic (exact) mass is 197 g/mol. The van der Waals surface area contributed by atoms with Crippen molar-refractivity contribution in [1.29, 1.82) is 0 Å². The first-order valence-corrected chi connectivity index (χ1v) is 3.07. The third-order valence-corrected chi connectivity index (χ3v) is 1.39. The van der Waals surface area contributed by atoms with Gasteiger partial charge in [0, 0.05) is 26.2 Å². The molecule has 48 valence electrons. The van der Waals surface area contributed by atoms with Crippen LogP contribution < -0.4 is 0 Å². The summed E-state index contributed by atoms with van der Waals surface area (Å²) in [6, 6.07) is 0. The second kappa shape index (κ2) is 4.22. The average molecular weight is 198 g/mol. The van der Waals surface area contributed by atoms with E-state index in [4.69, 9.17) is 0 Å². The minimum Gasteiger partial charge on any atom is -0.273 e. The van der Waals surface area contributed by atoms with Crippen molar-refractivity contribution in [2.45, 2.75) is 20.3 Å². The zero-order valence-corrected chi connectivity index (χ0v) is 8.40. The van der Waals surface area contributed by atoms with E-state index in [0.717, 1.165) is 6.42 Å². The van der Waals surface area contributed by atoms with Crippen LogP contribution in [0.5, 0.6) is 0 Å². The summed E-state index contributed by atoms with van der Waals surface area (Å²) < 4.78 is 0. The third-order valence-electron chi connectivity index (χ3n) is 1.39. The Bertz CT molecular complexity index is 132. The Morgan fingerprint density at radius 2 is 2.22 bits per heavy atom. The molecule has 0 aromatic carbocycles. The van der Waals surface area contributed by atoms with Crippen LogP contribution in [0.4, 0.5) is 0 Å². The van der Waals surface area contributed by atoms with Crippen molar-refractivity contribution < 1.29 is 26.2 Å². The SMILES string of the molecule is CC(C)C1=CC[C-]=C1.[Zr]. The van der Waals surface area contributed by atoms with Crippen LogP contribution in [0.3, 0.4) is 0 Å².